The molecule has 1 saturated heterocycles. The van der Waals surface area contributed by atoms with Gasteiger partial charge in [-0.15, -0.1) is 0 Å². The maximum Gasteiger partial charge on any atom is 0.248 e. The molecule has 0 bridgehead atoms. The second-order valence-electron chi connectivity index (χ2n) is 13.8. The topological polar surface area (TPSA) is 98.6 Å². The highest BCUT2D eigenvalue weighted by Crippen LogP contribution is 2.51. The van der Waals surface area contributed by atoms with Gasteiger partial charge in [0, 0.05) is 74.4 Å². The molecule has 1 aliphatic heterocycles. The molecule has 5 rings (SSSR count). The molecule has 230 valence electrons. The molecular weight excluding hydrogens is 584 g/mol. The normalized spacial score (nSPS) is 29.3. The summed E-state index contributed by atoms with van der Waals surface area (Å²) in [5.74, 6) is -6.45. The maximum atomic E-state index is 14.0. The molecule has 11 heteroatoms. The van der Waals surface area contributed by atoms with Crippen molar-refractivity contribution in [1.82, 2.24) is 4.90 Å². The summed E-state index contributed by atoms with van der Waals surface area (Å²) in [4.78, 5) is 31.4. The van der Waals surface area contributed by atoms with Gasteiger partial charge >= 0.3 is 0 Å². The van der Waals surface area contributed by atoms with Crippen LogP contribution in [0.4, 0.5) is 14.5 Å². The van der Waals surface area contributed by atoms with E-state index in [0.717, 1.165) is 31.9 Å². The molecule has 1 aromatic rings. The first-order valence-electron chi connectivity index (χ1n) is 14.9. The molecule has 1 heterocycles. The second kappa shape index (κ2) is 11.1. The number of alkyl halides is 2. The van der Waals surface area contributed by atoms with Crippen LogP contribution in [0.1, 0.15) is 72.1 Å². The largest absolute Gasteiger partial charge is 0.369 e. The number of piperazine rings is 1. The summed E-state index contributed by atoms with van der Waals surface area (Å²) in [7, 11) is -4.03. The van der Waals surface area contributed by atoms with Gasteiger partial charge in [-0.05, 0) is 71.1 Å². The van der Waals surface area contributed by atoms with Gasteiger partial charge in [-0.2, -0.15) is 5.26 Å². The van der Waals surface area contributed by atoms with E-state index >= 15 is 0 Å². The van der Waals surface area contributed by atoms with Crippen molar-refractivity contribution in [2.24, 2.45) is 23.2 Å². The van der Waals surface area contributed by atoms with Crippen molar-refractivity contribution in [3.05, 3.63) is 23.2 Å². The van der Waals surface area contributed by atoms with Crippen LogP contribution in [-0.2, 0) is 19.4 Å². The fourth-order valence-corrected chi connectivity index (χ4v) is 9.45. The number of nitriles is 1. The van der Waals surface area contributed by atoms with Crippen molar-refractivity contribution in [3.8, 4) is 6.07 Å². The summed E-state index contributed by atoms with van der Waals surface area (Å²) in [6.07, 6.45) is 0.0285. The number of hydrogen-bond acceptors (Lipinski definition) is 7. The molecule has 0 amide bonds. The van der Waals surface area contributed by atoms with Crippen molar-refractivity contribution >= 4 is 38.7 Å². The van der Waals surface area contributed by atoms with Crippen molar-refractivity contribution in [3.63, 3.8) is 0 Å². The highest BCUT2D eigenvalue weighted by Gasteiger charge is 2.54. The van der Waals surface area contributed by atoms with E-state index in [1.165, 1.54) is 6.07 Å². The number of rotatable bonds is 8. The molecule has 4 aliphatic rings. The van der Waals surface area contributed by atoms with Crippen molar-refractivity contribution in [1.29, 1.82) is 5.26 Å². The number of nitrogens with zero attached hydrogens (tertiary/aromatic N) is 3. The number of carbonyl (C=O) groups excluding carboxylic acids is 2. The summed E-state index contributed by atoms with van der Waals surface area (Å²) in [5, 5.41) is 8.55. The molecular formula is C31H40ClF2N3O4S. The average molecular weight is 624 g/mol. The lowest BCUT2D eigenvalue weighted by molar-refractivity contribution is -0.134. The van der Waals surface area contributed by atoms with Gasteiger partial charge in [-0.3, -0.25) is 14.5 Å². The number of benzene rings is 1. The third-order valence-corrected chi connectivity index (χ3v) is 12.6. The molecule has 4 atom stereocenters. The lowest BCUT2D eigenvalue weighted by Gasteiger charge is -2.43. The molecule has 0 aromatic heterocycles. The molecule has 1 aromatic carbocycles. The van der Waals surface area contributed by atoms with Gasteiger partial charge in [0.1, 0.15) is 11.6 Å². The minimum atomic E-state index is -4.03. The summed E-state index contributed by atoms with van der Waals surface area (Å²) in [6, 6.07) is 7.09. The summed E-state index contributed by atoms with van der Waals surface area (Å²) >= 11 is 6.59. The molecule has 3 saturated carbocycles. The van der Waals surface area contributed by atoms with E-state index in [-0.39, 0.29) is 53.3 Å². The van der Waals surface area contributed by atoms with E-state index in [4.69, 9.17) is 11.6 Å². The fourth-order valence-electron chi connectivity index (χ4n) is 7.09. The lowest BCUT2D eigenvalue weighted by Crippen LogP contribution is -2.53. The minimum absolute atomic E-state index is 0.0279. The first-order chi connectivity index (χ1) is 19.6. The van der Waals surface area contributed by atoms with E-state index < -0.39 is 56.4 Å². The van der Waals surface area contributed by atoms with Crippen LogP contribution >= 0.6 is 11.6 Å². The van der Waals surface area contributed by atoms with E-state index in [1.807, 2.05) is 0 Å². The number of ketones is 2. The Bertz CT molecular complexity index is 1390. The predicted molar refractivity (Wildman–Crippen MR) is 156 cm³/mol. The van der Waals surface area contributed by atoms with Crippen molar-refractivity contribution in [2.75, 3.05) is 31.1 Å². The highest BCUT2D eigenvalue weighted by atomic mass is 35.5. The number of anilines is 1. The number of hydrogen-bond donors (Lipinski definition) is 0. The van der Waals surface area contributed by atoms with Gasteiger partial charge in [0.25, 0.3) is 0 Å². The third kappa shape index (κ3) is 6.25. The Labute approximate surface area is 252 Å². The Morgan fingerprint density at radius 3 is 2.24 bits per heavy atom. The molecule has 2 unspecified atom stereocenters. The second-order valence-corrected chi connectivity index (χ2v) is 16.4. The number of sulfone groups is 1. The van der Waals surface area contributed by atoms with Gasteiger partial charge < -0.3 is 4.90 Å². The van der Waals surface area contributed by atoms with Crippen LogP contribution in [0.3, 0.4) is 0 Å². The van der Waals surface area contributed by atoms with Crippen molar-refractivity contribution in [2.45, 2.75) is 93.7 Å². The molecule has 0 radical (unpaired) electrons. The smallest absolute Gasteiger partial charge is 0.248 e. The van der Waals surface area contributed by atoms with E-state index in [0.29, 0.717) is 12.8 Å². The SMILES string of the molecule is CC(C)(C)N1CCN(c2ccc(S(=O)(=O)[C@@H]3CC(C(=O)CC4(C#N)CC4)[C@H](C(=O)C4CCC(F)(F)C4)C3)c(Cl)c2)CC1. The Morgan fingerprint density at radius 2 is 1.71 bits per heavy atom. The van der Waals surface area contributed by atoms with E-state index in [1.54, 1.807) is 12.1 Å². The minimum Gasteiger partial charge on any atom is -0.369 e. The average Bonchev–Trinajstić information content (AvgIpc) is 3.37. The Kier molecular flexibility index (Phi) is 8.30. The predicted octanol–water partition coefficient (Wildman–Crippen LogP) is 5.70. The van der Waals surface area contributed by atoms with E-state index in [2.05, 4.69) is 36.6 Å². The van der Waals surface area contributed by atoms with Gasteiger partial charge in [0.2, 0.25) is 5.92 Å². The number of halogens is 3. The van der Waals surface area contributed by atoms with Crippen LogP contribution in [0.25, 0.3) is 0 Å². The Morgan fingerprint density at radius 1 is 1.07 bits per heavy atom. The summed E-state index contributed by atoms with van der Waals surface area (Å²) in [6.45, 7) is 9.82. The maximum absolute atomic E-state index is 14.0. The molecule has 42 heavy (non-hydrogen) atoms. The third-order valence-electron chi connectivity index (χ3n) is 9.96. The first-order valence-corrected chi connectivity index (χ1v) is 16.9. The van der Waals surface area contributed by atoms with Crippen LogP contribution in [0.2, 0.25) is 5.02 Å². The molecule has 4 fully saturated rings. The first kappa shape index (κ1) is 31.3. The zero-order valence-electron chi connectivity index (χ0n) is 24.5. The Hall–Kier alpha value is -2.09. The lowest BCUT2D eigenvalue weighted by atomic mass is 9.80. The van der Waals surface area contributed by atoms with Crippen LogP contribution in [0.5, 0.6) is 0 Å². The number of Topliss-reactive ketones (excluding diaryl/α,β-unsaturated/α-hetero) is 2. The van der Waals surface area contributed by atoms with Gasteiger partial charge in [0.15, 0.2) is 9.84 Å². The molecule has 0 spiro atoms. The molecule has 0 N–H and O–H groups in total. The van der Waals surface area contributed by atoms with Crippen LogP contribution in [0, 0.1) is 34.5 Å². The monoisotopic (exact) mass is 623 g/mol. The zero-order chi connectivity index (χ0) is 30.7. The summed E-state index contributed by atoms with van der Waals surface area (Å²) in [5.41, 5.74) is 0.140. The van der Waals surface area contributed by atoms with Gasteiger partial charge in [0.05, 0.1) is 26.7 Å². The quantitative estimate of drug-likeness (QED) is 0.366. The number of carbonyl (C=O) groups is 2. The molecule has 3 aliphatic carbocycles. The molecule has 7 nitrogen and oxygen atoms in total. The zero-order valence-corrected chi connectivity index (χ0v) is 26.1. The van der Waals surface area contributed by atoms with Crippen LogP contribution in [-0.4, -0.2) is 67.8 Å². The highest BCUT2D eigenvalue weighted by molar-refractivity contribution is 7.92. The van der Waals surface area contributed by atoms with Crippen LogP contribution < -0.4 is 4.90 Å². The van der Waals surface area contributed by atoms with Gasteiger partial charge in [-0.25, -0.2) is 17.2 Å². The standard InChI is InChI=1S/C31H40ClF2N3O4S/c1-29(2,3)37-12-10-36(11-13-37)21-4-5-27(25(32)14-21)42(40,41)22-15-23(26(38)18-30(19-35)8-9-30)24(16-22)28(39)20-6-7-31(33,34)17-20/h4-5,14,20,22-24H,6-13,15-18H2,1-3H3/t20?,22-,23?,24-/m1/s1. The van der Waals surface area contributed by atoms with Crippen LogP contribution in [0.15, 0.2) is 23.1 Å². The van der Waals surface area contributed by atoms with Crippen molar-refractivity contribution < 1.29 is 26.8 Å². The fraction of sp³-hybridized carbons (Fsp3) is 0.710. The van der Waals surface area contributed by atoms with Gasteiger partial charge in [-0.1, -0.05) is 11.6 Å². The summed E-state index contributed by atoms with van der Waals surface area (Å²) < 4.78 is 55.8. The Balaban J connectivity index is 1.35. The van der Waals surface area contributed by atoms with E-state index in [9.17, 15) is 32.0 Å².